The molecule has 0 radical (unpaired) electrons. The van der Waals surface area contributed by atoms with Crippen LogP contribution in [0.4, 0.5) is 16.2 Å². The summed E-state index contributed by atoms with van der Waals surface area (Å²) in [7, 11) is 0. The first-order valence-corrected chi connectivity index (χ1v) is 12.0. The van der Waals surface area contributed by atoms with Crippen LogP contribution in [-0.4, -0.2) is 25.2 Å². The maximum Gasteiger partial charge on any atom is 0.319 e. The first-order chi connectivity index (χ1) is 14.1. The lowest BCUT2D eigenvalue weighted by Crippen LogP contribution is -2.52. The highest BCUT2D eigenvalue weighted by Gasteiger charge is 2.43. The lowest BCUT2D eigenvalue weighted by Gasteiger charge is -2.47. The Hall–Kier alpha value is -1.71. The fraction of sp³-hybridized carbons (Fsp3) is 0.720. The van der Waals surface area contributed by atoms with E-state index < -0.39 is 0 Å². The molecule has 2 aliphatic carbocycles. The van der Waals surface area contributed by atoms with Crippen molar-refractivity contribution in [1.82, 2.24) is 5.32 Å². The van der Waals surface area contributed by atoms with Crippen LogP contribution in [0, 0.1) is 11.3 Å². The average molecular weight is 400 g/mol. The zero-order valence-corrected chi connectivity index (χ0v) is 18.8. The summed E-state index contributed by atoms with van der Waals surface area (Å²) in [5, 5.41) is 6.45. The Kier molecular flexibility index (Phi) is 7.85. The minimum Gasteiger partial charge on any atom is -0.372 e. The van der Waals surface area contributed by atoms with Crippen molar-refractivity contribution >= 4 is 17.4 Å². The molecule has 4 heteroatoms. The Labute approximate surface area is 177 Å². The molecule has 0 heterocycles. The third-order valence-electron chi connectivity index (χ3n) is 7.60. The second-order valence-corrected chi connectivity index (χ2v) is 9.31. The molecule has 2 atom stereocenters. The molecule has 162 valence electrons. The van der Waals surface area contributed by atoms with Crippen molar-refractivity contribution in [2.45, 2.75) is 91.0 Å². The molecule has 29 heavy (non-hydrogen) atoms. The molecule has 2 saturated carbocycles. The van der Waals surface area contributed by atoms with Gasteiger partial charge in [-0.05, 0) is 75.1 Å². The molecule has 2 amide bonds. The summed E-state index contributed by atoms with van der Waals surface area (Å²) in [5.41, 5.74) is 2.31. The smallest absolute Gasteiger partial charge is 0.319 e. The third-order valence-corrected chi connectivity index (χ3v) is 7.60. The number of carbonyl (C=O) groups excluding carboxylic acids is 1. The molecule has 1 aromatic carbocycles. The molecule has 2 unspecified atom stereocenters. The number of benzene rings is 1. The normalized spacial score (nSPS) is 25.8. The molecule has 4 nitrogen and oxygen atoms in total. The van der Waals surface area contributed by atoms with Crippen molar-refractivity contribution in [3.8, 4) is 0 Å². The molecule has 0 aliphatic heterocycles. The van der Waals surface area contributed by atoms with Crippen LogP contribution < -0.4 is 15.5 Å². The van der Waals surface area contributed by atoms with Crippen molar-refractivity contribution in [1.29, 1.82) is 0 Å². The summed E-state index contributed by atoms with van der Waals surface area (Å²) < 4.78 is 0. The van der Waals surface area contributed by atoms with Gasteiger partial charge in [0, 0.05) is 30.5 Å². The topological polar surface area (TPSA) is 44.4 Å². The van der Waals surface area contributed by atoms with E-state index in [1.54, 1.807) is 0 Å². The van der Waals surface area contributed by atoms with E-state index >= 15 is 0 Å². The Balaban J connectivity index is 1.62. The number of carbonyl (C=O) groups is 1. The maximum absolute atomic E-state index is 12.8. The number of nitrogens with one attached hydrogen (secondary N) is 2. The molecule has 1 aromatic rings. The first-order valence-electron chi connectivity index (χ1n) is 12.0. The van der Waals surface area contributed by atoms with Gasteiger partial charge in [-0.1, -0.05) is 45.4 Å². The van der Waals surface area contributed by atoms with Crippen molar-refractivity contribution in [3.63, 3.8) is 0 Å². The molecule has 2 aliphatic rings. The number of anilines is 2. The monoisotopic (exact) mass is 399 g/mol. The van der Waals surface area contributed by atoms with Crippen LogP contribution in [0.25, 0.3) is 0 Å². The van der Waals surface area contributed by atoms with Crippen LogP contribution in [0.2, 0.25) is 0 Å². The number of hydrogen-bond acceptors (Lipinski definition) is 2. The van der Waals surface area contributed by atoms with Gasteiger partial charge in [0.1, 0.15) is 0 Å². The summed E-state index contributed by atoms with van der Waals surface area (Å²) in [5.74, 6) is 0.754. The van der Waals surface area contributed by atoms with Crippen LogP contribution in [-0.2, 0) is 0 Å². The van der Waals surface area contributed by atoms with Gasteiger partial charge in [-0.2, -0.15) is 0 Å². The Morgan fingerprint density at radius 1 is 0.966 bits per heavy atom. The van der Waals surface area contributed by atoms with Gasteiger partial charge in [0.2, 0.25) is 0 Å². The van der Waals surface area contributed by atoms with E-state index in [4.69, 9.17) is 0 Å². The summed E-state index contributed by atoms with van der Waals surface area (Å²) in [4.78, 5) is 15.1. The molecular formula is C25H41N3O. The molecule has 3 rings (SSSR count). The third kappa shape index (κ3) is 5.46. The lowest BCUT2D eigenvalue weighted by atomic mass is 9.62. The lowest BCUT2D eigenvalue weighted by molar-refractivity contribution is 0.0658. The van der Waals surface area contributed by atoms with Gasteiger partial charge in [0.05, 0.1) is 0 Å². The van der Waals surface area contributed by atoms with E-state index in [0.717, 1.165) is 31.1 Å². The van der Waals surface area contributed by atoms with Gasteiger partial charge >= 0.3 is 6.03 Å². The fourth-order valence-corrected chi connectivity index (χ4v) is 5.69. The summed E-state index contributed by atoms with van der Waals surface area (Å²) in [6, 6.07) is 8.45. The van der Waals surface area contributed by atoms with E-state index in [1.807, 2.05) is 12.1 Å². The summed E-state index contributed by atoms with van der Waals surface area (Å²) in [6.45, 7) is 8.76. The zero-order chi connectivity index (χ0) is 20.7. The van der Waals surface area contributed by atoms with Crippen LogP contribution in [0.1, 0.15) is 85.0 Å². The largest absolute Gasteiger partial charge is 0.372 e. The van der Waals surface area contributed by atoms with Crippen LogP contribution in [0.3, 0.4) is 0 Å². The molecule has 0 saturated heterocycles. The molecule has 2 fully saturated rings. The summed E-state index contributed by atoms with van der Waals surface area (Å²) in [6.07, 6.45) is 13.1. The molecule has 0 bridgehead atoms. The standard InChI is InChI=1S/C25H41N3O/c1-4-28(5-2)22-17-15-21(16-18-22)26-24(29)27-23-14-10-11-19-25(23,3)20-12-8-6-7-9-13-20/h15-18,20,23H,4-14,19H2,1-3H3,(H2,26,27,29). The van der Waals surface area contributed by atoms with Gasteiger partial charge in [-0.25, -0.2) is 4.79 Å². The van der Waals surface area contributed by atoms with E-state index in [-0.39, 0.29) is 17.5 Å². The van der Waals surface area contributed by atoms with E-state index in [0.29, 0.717) is 0 Å². The number of urea groups is 1. The maximum atomic E-state index is 12.8. The summed E-state index contributed by atoms with van der Waals surface area (Å²) >= 11 is 0. The highest BCUT2D eigenvalue weighted by molar-refractivity contribution is 5.89. The van der Waals surface area contributed by atoms with Crippen molar-refractivity contribution in [2.75, 3.05) is 23.3 Å². The van der Waals surface area contributed by atoms with Crippen LogP contribution >= 0.6 is 0 Å². The molecule has 2 N–H and O–H groups in total. The Bertz CT molecular complexity index is 632. The second kappa shape index (κ2) is 10.4. The second-order valence-electron chi connectivity index (χ2n) is 9.31. The SMILES string of the molecule is CCN(CC)c1ccc(NC(=O)NC2CCCCC2(C)C2CCCCCC2)cc1. The predicted octanol–water partition coefficient (Wildman–Crippen LogP) is 6.57. The molecule has 0 aromatic heterocycles. The van der Waals surface area contributed by atoms with Crippen molar-refractivity contribution < 1.29 is 4.79 Å². The zero-order valence-electron chi connectivity index (χ0n) is 18.8. The van der Waals surface area contributed by atoms with Crippen LogP contribution in [0.5, 0.6) is 0 Å². The van der Waals surface area contributed by atoms with E-state index in [9.17, 15) is 4.79 Å². The molecular weight excluding hydrogens is 358 g/mol. The van der Waals surface area contributed by atoms with Crippen molar-refractivity contribution in [2.24, 2.45) is 11.3 Å². The number of nitrogens with zero attached hydrogens (tertiary/aromatic N) is 1. The minimum absolute atomic E-state index is 0.0488. The number of rotatable bonds is 6. The first kappa shape index (κ1) is 22.0. The highest BCUT2D eigenvalue weighted by Crippen LogP contribution is 2.47. The highest BCUT2D eigenvalue weighted by atomic mass is 16.2. The van der Waals surface area contributed by atoms with Gasteiger partial charge in [-0.15, -0.1) is 0 Å². The fourth-order valence-electron chi connectivity index (χ4n) is 5.69. The molecule has 0 spiro atoms. The number of hydrogen-bond donors (Lipinski definition) is 2. The Morgan fingerprint density at radius 3 is 2.21 bits per heavy atom. The number of amides is 2. The van der Waals surface area contributed by atoms with Crippen molar-refractivity contribution in [3.05, 3.63) is 24.3 Å². The van der Waals surface area contributed by atoms with Gasteiger partial charge in [0.25, 0.3) is 0 Å². The van der Waals surface area contributed by atoms with Gasteiger partial charge in [0.15, 0.2) is 0 Å². The van der Waals surface area contributed by atoms with E-state index in [2.05, 4.69) is 48.4 Å². The average Bonchev–Trinajstić information content (AvgIpc) is 3.02. The predicted molar refractivity (Wildman–Crippen MR) is 124 cm³/mol. The van der Waals surface area contributed by atoms with Gasteiger partial charge in [-0.3, -0.25) is 0 Å². The van der Waals surface area contributed by atoms with E-state index in [1.165, 1.54) is 63.5 Å². The van der Waals surface area contributed by atoms with Crippen LogP contribution in [0.15, 0.2) is 24.3 Å². The van der Waals surface area contributed by atoms with Gasteiger partial charge < -0.3 is 15.5 Å². The minimum atomic E-state index is -0.0488. The quantitative estimate of drug-likeness (QED) is 0.531. The Morgan fingerprint density at radius 2 is 1.59 bits per heavy atom.